The van der Waals surface area contributed by atoms with Crippen molar-refractivity contribution in [2.75, 3.05) is 5.73 Å². The Morgan fingerprint density at radius 1 is 1.14 bits per heavy atom. The van der Waals surface area contributed by atoms with Crippen LogP contribution in [-0.4, -0.2) is 10.1 Å². The molecule has 0 amide bonds. The van der Waals surface area contributed by atoms with Crippen molar-refractivity contribution in [3.05, 3.63) is 44.7 Å². The Morgan fingerprint density at radius 2 is 1.71 bits per heavy atom. The van der Waals surface area contributed by atoms with Crippen LogP contribution in [0.4, 0.5) is 5.82 Å². The molecule has 1 heterocycles. The second kappa shape index (κ2) is 5.03. The average molecular weight is 280 g/mol. The molecule has 0 saturated heterocycles. The van der Waals surface area contributed by atoms with E-state index in [-0.39, 0.29) is 33.8 Å². The van der Waals surface area contributed by atoms with Gasteiger partial charge in [-0.25, -0.2) is 0 Å². The third kappa shape index (κ3) is 2.19. The second-order valence-corrected chi connectivity index (χ2v) is 4.67. The summed E-state index contributed by atoms with van der Waals surface area (Å²) >= 11 is 0. The average Bonchev–Trinajstić information content (AvgIpc) is 2.42. The SMILES string of the molecule is Cc1cc(O)c(-c2c(C#N)c(N)[nH]c(=O)c2C#N)cc1C. The maximum absolute atomic E-state index is 11.8. The number of phenolic OH excluding ortho intramolecular Hbond substituents is 1. The van der Waals surface area contributed by atoms with Gasteiger partial charge in [0.15, 0.2) is 0 Å². The van der Waals surface area contributed by atoms with Gasteiger partial charge in [-0.2, -0.15) is 10.5 Å². The van der Waals surface area contributed by atoms with Crippen LogP contribution in [0.5, 0.6) is 5.75 Å². The van der Waals surface area contributed by atoms with E-state index >= 15 is 0 Å². The fourth-order valence-corrected chi connectivity index (χ4v) is 2.11. The highest BCUT2D eigenvalue weighted by molar-refractivity contribution is 5.83. The topological polar surface area (TPSA) is 127 Å². The summed E-state index contributed by atoms with van der Waals surface area (Å²) in [6.45, 7) is 3.65. The first kappa shape index (κ1) is 14.2. The number of pyridine rings is 1. The Morgan fingerprint density at radius 3 is 2.29 bits per heavy atom. The van der Waals surface area contributed by atoms with Crippen molar-refractivity contribution in [3.8, 4) is 29.0 Å². The number of nitriles is 2. The molecule has 0 aliphatic carbocycles. The van der Waals surface area contributed by atoms with E-state index in [1.807, 2.05) is 19.9 Å². The van der Waals surface area contributed by atoms with Gasteiger partial charge in [0.25, 0.3) is 5.56 Å². The monoisotopic (exact) mass is 280 g/mol. The van der Waals surface area contributed by atoms with Crippen LogP contribution in [0.15, 0.2) is 16.9 Å². The van der Waals surface area contributed by atoms with Crippen molar-refractivity contribution >= 4 is 5.82 Å². The number of nitrogens with one attached hydrogen (secondary N) is 1. The van der Waals surface area contributed by atoms with Gasteiger partial charge in [-0.3, -0.25) is 4.79 Å². The van der Waals surface area contributed by atoms with E-state index in [1.54, 1.807) is 12.1 Å². The molecule has 0 atom stereocenters. The number of aromatic amines is 1. The van der Waals surface area contributed by atoms with Crippen LogP contribution < -0.4 is 11.3 Å². The van der Waals surface area contributed by atoms with Crippen LogP contribution >= 0.6 is 0 Å². The number of nitrogens with two attached hydrogens (primary N) is 1. The van der Waals surface area contributed by atoms with Gasteiger partial charge in [0.1, 0.15) is 34.8 Å². The Hall–Kier alpha value is -3.25. The fraction of sp³-hybridized carbons (Fsp3) is 0.133. The Bertz CT molecular complexity index is 883. The number of nitrogens with zero attached hydrogens (tertiary/aromatic N) is 2. The first-order valence-corrected chi connectivity index (χ1v) is 6.07. The molecule has 6 heteroatoms. The molecule has 4 N–H and O–H groups in total. The van der Waals surface area contributed by atoms with Crippen LogP contribution in [-0.2, 0) is 0 Å². The highest BCUT2D eigenvalue weighted by Crippen LogP contribution is 2.36. The van der Waals surface area contributed by atoms with E-state index in [1.165, 1.54) is 6.07 Å². The van der Waals surface area contributed by atoms with Crippen molar-refractivity contribution in [3.63, 3.8) is 0 Å². The standard InChI is InChI=1S/C15H12N4O2/c1-7-3-9(12(20)4-8(7)2)13-10(5-16)14(18)19-15(21)11(13)6-17/h3-4,20H,1-2H3,(H3,18,19,21). The Kier molecular flexibility index (Phi) is 3.39. The Balaban J connectivity index is 3.00. The number of phenols is 1. The molecule has 0 bridgehead atoms. The van der Waals surface area contributed by atoms with E-state index in [9.17, 15) is 20.4 Å². The third-order valence-corrected chi connectivity index (χ3v) is 3.35. The molecule has 6 nitrogen and oxygen atoms in total. The third-order valence-electron chi connectivity index (χ3n) is 3.35. The molecular formula is C15H12N4O2. The lowest BCUT2D eigenvalue weighted by molar-refractivity contribution is 0.476. The van der Waals surface area contributed by atoms with Crippen molar-refractivity contribution in [1.29, 1.82) is 10.5 Å². The van der Waals surface area contributed by atoms with Crippen LogP contribution in [0, 0.1) is 36.5 Å². The van der Waals surface area contributed by atoms with Gasteiger partial charge in [0, 0.05) is 11.1 Å². The summed E-state index contributed by atoms with van der Waals surface area (Å²) in [7, 11) is 0. The molecule has 0 aliphatic rings. The molecule has 0 aliphatic heterocycles. The van der Waals surface area contributed by atoms with E-state index in [2.05, 4.69) is 4.98 Å². The highest BCUT2D eigenvalue weighted by atomic mass is 16.3. The number of rotatable bonds is 1. The molecule has 1 aromatic heterocycles. The molecule has 1 aromatic carbocycles. The van der Waals surface area contributed by atoms with E-state index in [0.717, 1.165) is 11.1 Å². The number of aromatic nitrogens is 1. The summed E-state index contributed by atoms with van der Waals surface area (Å²) in [6.07, 6.45) is 0. The van der Waals surface area contributed by atoms with Crippen LogP contribution in [0.3, 0.4) is 0 Å². The summed E-state index contributed by atoms with van der Waals surface area (Å²) in [5.41, 5.74) is 6.67. The van der Waals surface area contributed by atoms with Gasteiger partial charge < -0.3 is 15.8 Å². The minimum atomic E-state index is -0.693. The lowest BCUT2D eigenvalue weighted by Crippen LogP contribution is -2.16. The smallest absolute Gasteiger partial charge is 0.268 e. The van der Waals surface area contributed by atoms with Crippen LogP contribution in [0.25, 0.3) is 11.1 Å². The largest absolute Gasteiger partial charge is 0.507 e. The number of aryl methyl sites for hydroxylation is 2. The Labute approximate surface area is 120 Å². The summed E-state index contributed by atoms with van der Waals surface area (Å²) in [6, 6.07) is 6.78. The molecule has 2 rings (SSSR count). The quantitative estimate of drug-likeness (QED) is 0.732. The van der Waals surface area contributed by atoms with Crippen molar-refractivity contribution < 1.29 is 5.11 Å². The van der Waals surface area contributed by atoms with Crippen molar-refractivity contribution in [2.45, 2.75) is 13.8 Å². The molecule has 2 aromatic rings. The van der Waals surface area contributed by atoms with Crippen molar-refractivity contribution in [2.24, 2.45) is 0 Å². The second-order valence-electron chi connectivity index (χ2n) is 4.67. The number of hydrogen-bond donors (Lipinski definition) is 3. The zero-order valence-corrected chi connectivity index (χ0v) is 11.5. The summed E-state index contributed by atoms with van der Waals surface area (Å²) in [5.74, 6) is -0.245. The molecule has 0 fully saturated rings. The summed E-state index contributed by atoms with van der Waals surface area (Å²) < 4.78 is 0. The minimum Gasteiger partial charge on any atom is -0.507 e. The normalized spacial score (nSPS) is 9.90. The van der Waals surface area contributed by atoms with Crippen molar-refractivity contribution in [1.82, 2.24) is 4.98 Å². The number of H-pyrrole nitrogens is 1. The lowest BCUT2D eigenvalue weighted by atomic mass is 9.93. The van der Waals surface area contributed by atoms with Gasteiger partial charge in [0.05, 0.1) is 0 Å². The summed E-state index contributed by atoms with van der Waals surface area (Å²) in [5, 5.41) is 28.5. The van der Waals surface area contributed by atoms with Gasteiger partial charge in [-0.15, -0.1) is 0 Å². The highest BCUT2D eigenvalue weighted by Gasteiger charge is 2.20. The number of anilines is 1. The lowest BCUT2D eigenvalue weighted by Gasteiger charge is -2.12. The minimum absolute atomic E-state index is 0.0373. The molecular weight excluding hydrogens is 268 g/mol. The molecule has 104 valence electrons. The maximum Gasteiger partial charge on any atom is 0.268 e. The molecule has 0 saturated carbocycles. The number of benzene rings is 1. The summed E-state index contributed by atoms with van der Waals surface area (Å²) in [4.78, 5) is 14.1. The van der Waals surface area contributed by atoms with Gasteiger partial charge >= 0.3 is 0 Å². The molecule has 0 radical (unpaired) electrons. The van der Waals surface area contributed by atoms with Crippen LogP contribution in [0.1, 0.15) is 22.3 Å². The fourth-order valence-electron chi connectivity index (χ4n) is 2.11. The van der Waals surface area contributed by atoms with Gasteiger partial charge in [-0.1, -0.05) is 0 Å². The first-order valence-electron chi connectivity index (χ1n) is 6.07. The van der Waals surface area contributed by atoms with E-state index < -0.39 is 5.56 Å². The zero-order valence-electron chi connectivity index (χ0n) is 11.5. The number of nitrogen functional groups attached to an aromatic ring is 1. The molecule has 21 heavy (non-hydrogen) atoms. The van der Waals surface area contributed by atoms with E-state index in [0.29, 0.717) is 0 Å². The van der Waals surface area contributed by atoms with Gasteiger partial charge in [0.2, 0.25) is 0 Å². The maximum atomic E-state index is 11.8. The molecule has 0 unspecified atom stereocenters. The van der Waals surface area contributed by atoms with E-state index in [4.69, 9.17) is 5.73 Å². The predicted molar refractivity (Wildman–Crippen MR) is 77.5 cm³/mol. The molecule has 0 spiro atoms. The zero-order chi connectivity index (χ0) is 15.7. The first-order chi connectivity index (χ1) is 9.90. The van der Waals surface area contributed by atoms with Gasteiger partial charge in [-0.05, 0) is 37.1 Å². The predicted octanol–water partition coefficient (Wildman–Crippen LogP) is 1.69. The number of aromatic hydroxyl groups is 1. The van der Waals surface area contributed by atoms with Crippen LogP contribution in [0.2, 0.25) is 0 Å². The number of hydrogen-bond acceptors (Lipinski definition) is 5.